The number of nitrogens with one attached hydrogen (secondary N) is 2. The molecule has 3 N–H and O–H groups in total. The molecule has 0 saturated carbocycles. The van der Waals surface area contributed by atoms with Crippen molar-refractivity contribution in [3.05, 3.63) is 88.5 Å². The maximum Gasteiger partial charge on any atom is 0.427 e. The second-order valence-corrected chi connectivity index (χ2v) is 8.06. The van der Waals surface area contributed by atoms with E-state index in [1.165, 1.54) is 0 Å². The van der Waals surface area contributed by atoms with E-state index in [0.717, 1.165) is 27.9 Å². The number of carbonyl (C=O) groups is 2. The zero-order valence-electron chi connectivity index (χ0n) is 18.1. The fourth-order valence-corrected chi connectivity index (χ4v) is 4.91. The van der Waals surface area contributed by atoms with Crippen LogP contribution >= 0.6 is 0 Å². The summed E-state index contributed by atoms with van der Waals surface area (Å²) >= 11 is 0. The molecular formula is C25H20N4O5. The van der Waals surface area contributed by atoms with Crippen LogP contribution in [0.2, 0.25) is 0 Å². The highest BCUT2D eigenvalue weighted by Gasteiger charge is 2.47. The molecule has 3 aromatic rings. The number of aromatic carboxylic acids is 1. The second-order valence-electron chi connectivity index (χ2n) is 8.06. The van der Waals surface area contributed by atoms with Crippen molar-refractivity contribution >= 4 is 28.7 Å². The zero-order valence-corrected chi connectivity index (χ0v) is 18.1. The number of para-hydroxylation sites is 1. The Morgan fingerprint density at radius 1 is 1.15 bits per heavy atom. The number of carboxylic acid groups (broad SMARTS) is 1. The van der Waals surface area contributed by atoms with Gasteiger partial charge in [-0.3, -0.25) is 9.88 Å². The smallest absolute Gasteiger partial charge is 0.427 e. The highest BCUT2D eigenvalue weighted by Crippen LogP contribution is 2.56. The fraction of sp³-hybridized carbons (Fsp3) is 0.160. The average molecular weight is 456 g/mol. The number of fused-ring (bicyclic) bond motifs is 3. The maximum atomic E-state index is 12.1. The monoisotopic (exact) mass is 456 g/mol. The van der Waals surface area contributed by atoms with Crippen LogP contribution in [0.25, 0.3) is 16.6 Å². The number of benzene rings is 2. The molecule has 1 aromatic heterocycles. The lowest BCUT2D eigenvalue weighted by Gasteiger charge is -2.43. The van der Waals surface area contributed by atoms with Crippen LogP contribution in [0.1, 0.15) is 28.9 Å². The van der Waals surface area contributed by atoms with Gasteiger partial charge in [-0.2, -0.15) is 4.98 Å². The van der Waals surface area contributed by atoms with Crippen molar-refractivity contribution in [3.8, 4) is 6.01 Å². The van der Waals surface area contributed by atoms with Gasteiger partial charge in [-0.25, -0.2) is 9.59 Å². The lowest BCUT2D eigenvalue weighted by molar-refractivity contribution is 0.0698. The molecular weight excluding hydrogens is 436 g/mol. The highest BCUT2D eigenvalue weighted by molar-refractivity contribution is 6.02. The van der Waals surface area contributed by atoms with Gasteiger partial charge in [0.1, 0.15) is 6.17 Å². The average Bonchev–Trinajstić information content (AvgIpc) is 3.43. The molecule has 2 bridgehead atoms. The SMILES string of the molecule is CCOc1nc2cccc(C(=O)O)c2n1C1c2ccc(-c3ccccc3)c1c2C1NOC(=O)N1. The summed E-state index contributed by atoms with van der Waals surface area (Å²) in [6.45, 7) is 2.23. The van der Waals surface area contributed by atoms with Gasteiger partial charge in [0.15, 0.2) is 0 Å². The molecule has 2 atom stereocenters. The summed E-state index contributed by atoms with van der Waals surface area (Å²) in [7, 11) is 0. The fourth-order valence-electron chi connectivity index (χ4n) is 4.91. The van der Waals surface area contributed by atoms with Crippen LogP contribution in [0.5, 0.6) is 6.01 Å². The number of ether oxygens (including phenoxy) is 1. The first-order valence-electron chi connectivity index (χ1n) is 10.9. The Hall–Kier alpha value is -4.37. The number of rotatable bonds is 6. The highest BCUT2D eigenvalue weighted by atomic mass is 16.7. The van der Waals surface area contributed by atoms with E-state index in [1.807, 2.05) is 54.0 Å². The topological polar surface area (TPSA) is 115 Å². The number of hydroxylamine groups is 1. The number of nitrogens with zero attached hydrogens (tertiary/aromatic N) is 2. The molecule has 1 amide bonds. The Morgan fingerprint density at radius 3 is 2.68 bits per heavy atom. The molecule has 6 rings (SSSR count). The molecule has 1 saturated heterocycles. The van der Waals surface area contributed by atoms with Gasteiger partial charge < -0.3 is 14.7 Å². The molecule has 2 heterocycles. The van der Waals surface area contributed by atoms with Crippen LogP contribution in [0.15, 0.2) is 77.4 Å². The van der Waals surface area contributed by atoms with Crippen LogP contribution in [0.4, 0.5) is 4.79 Å². The van der Waals surface area contributed by atoms with Crippen LogP contribution in [0, 0.1) is 0 Å². The minimum Gasteiger partial charge on any atom is -0.478 e. The summed E-state index contributed by atoms with van der Waals surface area (Å²) in [6.07, 6.45) is 2.95. The number of imidazole rings is 1. The van der Waals surface area contributed by atoms with Gasteiger partial charge in [0.05, 0.1) is 29.2 Å². The number of allylic oxidation sites excluding steroid dienone is 4. The number of aromatic nitrogens is 2. The van der Waals surface area contributed by atoms with E-state index < -0.39 is 18.2 Å². The van der Waals surface area contributed by atoms with Gasteiger partial charge in [-0.15, -0.1) is 5.48 Å². The van der Waals surface area contributed by atoms with Gasteiger partial charge >= 0.3 is 12.1 Å². The molecule has 1 fully saturated rings. The molecule has 0 radical (unpaired) electrons. The van der Waals surface area contributed by atoms with Gasteiger partial charge in [-0.1, -0.05) is 48.6 Å². The third-order valence-electron chi connectivity index (χ3n) is 6.23. The third-order valence-corrected chi connectivity index (χ3v) is 6.23. The summed E-state index contributed by atoms with van der Waals surface area (Å²) in [5.41, 5.74) is 8.62. The zero-order chi connectivity index (χ0) is 23.4. The quantitative estimate of drug-likeness (QED) is 0.519. The summed E-state index contributed by atoms with van der Waals surface area (Å²) in [5, 5.41) is 12.7. The number of carboxylic acids is 1. The van der Waals surface area contributed by atoms with Gasteiger partial charge in [0.2, 0.25) is 0 Å². The summed E-state index contributed by atoms with van der Waals surface area (Å²) in [6, 6.07) is 14.9. The predicted molar refractivity (Wildman–Crippen MR) is 123 cm³/mol. The molecule has 2 unspecified atom stereocenters. The van der Waals surface area contributed by atoms with E-state index >= 15 is 0 Å². The van der Waals surface area contributed by atoms with Gasteiger partial charge in [0, 0.05) is 5.57 Å². The van der Waals surface area contributed by atoms with Crippen molar-refractivity contribution in [1.29, 1.82) is 0 Å². The molecule has 2 aromatic carbocycles. The second kappa shape index (κ2) is 7.60. The van der Waals surface area contributed by atoms with Crippen LogP contribution in [-0.2, 0) is 4.84 Å². The number of hydrogen-bond acceptors (Lipinski definition) is 6. The number of amides is 1. The molecule has 0 spiro atoms. The Balaban J connectivity index is 1.59. The van der Waals surface area contributed by atoms with Crippen molar-refractivity contribution in [2.45, 2.75) is 19.1 Å². The van der Waals surface area contributed by atoms with E-state index in [4.69, 9.17) is 9.57 Å². The maximum absolute atomic E-state index is 12.1. The van der Waals surface area contributed by atoms with Crippen molar-refractivity contribution in [1.82, 2.24) is 20.3 Å². The van der Waals surface area contributed by atoms with Crippen molar-refractivity contribution in [3.63, 3.8) is 0 Å². The van der Waals surface area contributed by atoms with Crippen LogP contribution in [0.3, 0.4) is 0 Å². The normalized spacial score (nSPS) is 20.9. The number of carbonyl (C=O) groups excluding carboxylic acids is 1. The molecule has 9 nitrogen and oxygen atoms in total. The minimum atomic E-state index is -1.04. The molecule has 2 aliphatic carbocycles. The molecule has 3 aliphatic rings. The van der Waals surface area contributed by atoms with Crippen LogP contribution in [-0.4, -0.2) is 39.5 Å². The Kier molecular flexibility index (Phi) is 4.53. The summed E-state index contributed by atoms with van der Waals surface area (Å²) < 4.78 is 7.72. The van der Waals surface area contributed by atoms with Crippen LogP contribution < -0.4 is 15.5 Å². The number of hydrogen-bond donors (Lipinski definition) is 3. The Bertz CT molecular complexity index is 1450. The van der Waals surface area contributed by atoms with E-state index in [9.17, 15) is 14.7 Å². The first kappa shape index (κ1) is 20.3. The largest absolute Gasteiger partial charge is 0.478 e. The predicted octanol–water partition coefficient (Wildman–Crippen LogP) is 3.58. The van der Waals surface area contributed by atoms with Crippen molar-refractivity contribution in [2.24, 2.45) is 0 Å². The van der Waals surface area contributed by atoms with E-state index in [1.54, 1.807) is 18.2 Å². The Morgan fingerprint density at radius 2 is 1.97 bits per heavy atom. The first-order valence-corrected chi connectivity index (χ1v) is 10.9. The lowest BCUT2D eigenvalue weighted by Crippen LogP contribution is -2.43. The minimum absolute atomic E-state index is 0.143. The van der Waals surface area contributed by atoms with E-state index in [2.05, 4.69) is 15.8 Å². The van der Waals surface area contributed by atoms with Crippen molar-refractivity contribution < 1.29 is 24.3 Å². The van der Waals surface area contributed by atoms with E-state index in [-0.39, 0.29) is 11.6 Å². The lowest BCUT2D eigenvalue weighted by atomic mass is 9.68. The summed E-state index contributed by atoms with van der Waals surface area (Å²) in [5.74, 6) is -1.04. The van der Waals surface area contributed by atoms with Gasteiger partial charge in [0.25, 0.3) is 6.01 Å². The third kappa shape index (κ3) is 2.87. The summed E-state index contributed by atoms with van der Waals surface area (Å²) in [4.78, 5) is 33.4. The molecule has 34 heavy (non-hydrogen) atoms. The molecule has 1 aliphatic heterocycles. The molecule has 9 heteroatoms. The van der Waals surface area contributed by atoms with Crippen molar-refractivity contribution in [2.75, 3.05) is 6.61 Å². The Labute approximate surface area is 194 Å². The first-order chi connectivity index (χ1) is 16.6. The standard InChI is InChI=1S/C25H20N4O5/c1-2-33-24-26-17-10-6-9-16(23(30)31)20(17)29(24)21-15-12-11-14(13-7-4-3-5-8-13)18(21)19(15)22-27-25(32)34-28-22/h3-12,21-22,28H,2H2,1H3,(H,27,32)(H,30,31). The van der Waals surface area contributed by atoms with Gasteiger partial charge in [-0.05, 0) is 41.3 Å². The van der Waals surface area contributed by atoms with E-state index in [0.29, 0.717) is 23.7 Å². The molecule has 170 valence electrons.